The van der Waals surface area contributed by atoms with Crippen molar-refractivity contribution in [2.45, 2.75) is 0 Å². The van der Waals surface area contributed by atoms with E-state index in [2.05, 4.69) is 10.0 Å². The fourth-order valence-electron chi connectivity index (χ4n) is 0.782. The highest BCUT2D eigenvalue weighted by molar-refractivity contribution is 5.51. The molecule has 0 amide bonds. The standard InChI is InChI=1S/C7H6FN3O/c1-12-7-4-5(8)2-3-6(7)10-11-9/h2-4H,1H3. The van der Waals surface area contributed by atoms with Crippen LogP contribution in [0.4, 0.5) is 10.1 Å². The van der Waals surface area contributed by atoms with Crippen LogP contribution in [0.1, 0.15) is 0 Å². The van der Waals surface area contributed by atoms with E-state index < -0.39 is 5.82 Å². The summed E-state index contributed by atoms with van der Waals surface area (Å²) in [5, 5.41) is 3.31. The van der Waals surface area contributed by atoms with Crippen molar-refractivity contribution in [2.24, 2.45) is 5.11 Å². The molecule has 0 aromatic heterocycles. The van der Waals surface area contributed by atoms with Crippen molar-refractivity contribution in [3.05, 3.63) is 34.5 Å². The number of halogens is 1. The van der Waals surface area contributed by atoms with Gasteiger partial charge in [-0.05, 0) is 17.7 Å². The normalized spacial score (nSPS) is 8.83. The maximum Gasteiger partial charge on any atom is 0.131 e. The van der Waals surface area contributed by atoms with Gasteiger partial charge in [0.25, 0.3) is 0 Å². The second kappa shape index (κ2) is 3.59. The van der Waals surface area contributed by atoms with E-state index in [1.807, 2.05) is 0 Å². The zero-order chi connectivity index (χ0) is 8.97. The lowest BCUT2D eigenvalue weighted by atomic mass is 10.3. The van der Waals surface area contributed by atoms with E-state index in [9.17, 15) is 4.39 Å². The molecule has 0 saturated carbocycles. The predicted molar refractivity (Wildman–Crippen MR) is 41.8 cm³/mol. The number of azide groups is 1. The molecular formula is C7H6FN3O. The molecule has 0 saturated heterocycles. The molecule has 0 aliphatic heterocycles. The van der Waals surface area contributed by atoms with E-state index in [0.29, 0.717) is 0 Å². The van der Waals surface area contributed by atoms with Gasteiger partial charge in [0.2, 0.25) is 0 Å². The van der Waals surface area contributed by atoms with Crippen molar-refractivity contribution in [1.82, 2.24) is 0 Å². The van der Waals surface area contributed by atoms with Crippen LogP contribution in [-0.4, -0.2) is 7.11 Å². The van der Waals surface area contributed by atoms with Gasteiger partial charge < -0.3 is 4.74 Å². The van der Waals surface area contributed by atoms with Crippen molar-refractivity contribution in [2.75, 3.05) is 7.11 Å². The molecule has 5 heteroatoms. The summed E-state index contributed by atoms with van der Waals surface area (Å²) in [4.78, 5) is 2.57. The minimum absolute atomic E-state index is 0.229. The van der Waals surface area contributed by atoms with Crippen LogP contribution in [0.5, 0.6) is 5.75 Å². The third kappa shape index (κ3) is 1.65. The Morgan fingerprint density at radius 1 is 1.58 bits per heavy atom. The Bertz CT molecular complexity index is 333. The van der Waals surface area contributed by atoms with Gasteiger partial charge in [-0.2, -0.15) is 0 Å². The highest BCUT2D eigenvalue weighted by Crippen LogP contribution is 2.27. The Kier molecular flexibility index (Phi) is 2.50. The topological polar surface area (TPSA) is 58.0 Å². The average molecular weight is 167 g/mol. The first kappa shape index (κ1) is 8.36. The van der Waals surface area contributed by atoms with Gasteiger partial charge in [0.05, 0.1) is 12.8 Å². The molecule has 0 atom stereocenters. The summed E-state index contributed by atoms with van der Waals surface area (Å²) in [5.41, 5.74) is 8.40. The first-order valence-corrected chi connectivity index (χ1v) is 3.16. The first-order valence-electron chi connectivity index (χ1n) is 3.16. The molecule has 1 aromatic rings. The molecule has 0 spiro atoms. The Balaban J connectivity index is 3.19. The van der Waals surface area contributed by atoms with E-state index in [1.165, 1.54) is 19.2 Å². The second-order valence-electron chi connectivity index (χ2n) is 2.01. The van der Waals surface area contributed by atoms with Gasteiger partial charge in [-0.3, -0.25) is 0 Å². The van der Waals surface area contributed by atoms with Crippen molar-refractivity contribution in [3.63, 3.8) is 0 Å². The van der Waals surface area contributed by atoms with Crippen molar-refractivity contribution < 1.29 is 9.13 Å². The third-order valence-electron chi connectivity index (χ3n) is 1.29. The Hall–Kier alpha value is -1.74. The van der Waals surface area contributed by atoms with Crippen LogP contribution >= 0.6 is 0 Å². The van der Waals surface area contributed by atoms with Gasteiger partial charge in [-0.1, -0.05) is 5.11 Å². The summed E-state index contributed by atoms with van der Waals surface area (Å²) in [6.45, 7) is 0. The lowest BCUT2D eigenvalue weighted by Crippen LogP contribution is -1.83. The number of hydrogen-bond acceptors (Lipinski definition) is 2. The van der Waals surface area contributed by atoms with Gasteiger partial charge >= 0.3 is 0 Å². The van der Waals surface area contributed by atoms with Crippen LogP contribution in [0.3, 0.4) is 0 Å². The lowest BCUT2D eigenvalue weighted by molar-refractivity contribution is 0.412. The largest absolute Gasteiger partial charge is 0.496 e. The number of methoxy groups -OCH3 is 1. The number of rotatable bonds is 2. The summed E-state index contributed by atoms with van der Waals surface area (Å²) in [5.74, 6) is -0.198. The van der Waals surface area contributed by atoms with Crippen LogP contribution in [0.2, 0.25) is 0 Å². The maximum absolute atomic E-state index is 12.6. The van der Waals surface area contributed by atoms with E-state index in [-0.39, 0.29) is 11.4 Å². The molecule has 0 fully saturated rings. The SMILES string of the molecule is COc1cc(F)ccc1N=[N+]=[N-]. The Labute approximate surface area is 68.2 Å². The molecule has 0 unspecified atom stereocenters. The van der Waals surface area contributed by atoms with Crippen LogP contribution in [0.15, 0.2) is 23.3 Å². The Morgan fingerprint density at radius 3 is 2.92 bits per heavy atom. The van der Waals surface area contributed by atoms with Crippen molar-refractivity contribution in [1.29, 1.82) is 0 Å². The van der Waals surface area contributed by atoms with Gasteiger partial charge in [-0.15, -0.1) is 0 Å². The van der Waals surface area contributed by atoms with E-state index in [4.69, 9.17) is 10.3 Å². The highest BCUT2D eigenvalue weighted by atomic mass is 19.1. The minimum atomic E-state index is -0.427. The number of benzene rings is 1. The first-order chi connectivity index (χ1) is 5.77. The summed E-state index contributed by atoms with van der Waals surface area (Å²) >= 11 is 0. The lowest BCUT2D eigenvalue weighted by Gasteiger charge is -2.01. The van der Waals surface area contributed by atoms with E-state index >= 15 is 0 Å². The van der Waals surface area contributed by atoms with Crippen molar-refractivity contribution in [3.8, 4) is 5.75 Å². The van der Waals surface area contributed by atoms with E-state index in [1.54, 1.807) is 0 Å². The molecule has 12 heavy (non-hydrogen) atoms. The molecule has 0 aliphatic carbocycles. The molecule has 0 N–H and O–H groups in total. The third-order valence-corrected chi connectivity index (χ3v) is 1.29. The molecular weight excluding hydrogens is 161 g/mol. The molecule has 1 aromatic carbocycles. The van der Waals surface area contributed by atoms with Gasteiger partial charge in [0, 0.05) is 11.0 Å². The Morgan fingerprint density at radius 2 is 2.33 bits per heavy atom. The zero-order valence-electron chi connectivity index (χ0n) is 6.36. The number of ether oxygens (including phenoxy) is 1. The monoisotopic (exact) mass is 167 g/mol. The number of hydrogen-bond donors (Lipinski definition) is 0. The average Bonchev–Trinajstić information content (AvgIpc) is 2.08. The fourth-order valence-corrected chi connectivity index (χ4v) is 0.782. The predicted octanol–water partition coefficient (Wildman–Crippen LogP) is 2.78. The highest BCUT2D eigenvalue weighted by Gasteiger charge is 2.00. The molecule has 4 nitrogen and oxygen atoms in total. The quantitative estimate of drug-likeness (QED) is 0.379. The molecule has 0 radical (unpaired) electrons. The summed E-state index contributed by atoms with van der Waals surface area (Å²) < 4.78 is 17.3. The molecule has 0 bridgehead atoms. The van der Waals surface area contributed by atoms with Crippen molar-refractivity contribution >= 4 is 5.69 Å². The van der Waals surface area contributed by atoms with Gasteiger partial charge in [-0.25, -0.2) is 4.39 Å². The smallest absolute Gasteiger partial charge is 0.131 e. The molecule has 1 rings (SSSR count). The molecule has 62 valence electrons. The van der Waals surface area contributed by atoms with Gasteiger partial charge in [0.1, 0.15) is 11.6 Å². The minimum Gasteiger partial charge on any atom is -0.496 e. The van der Waals surface area contributed by atoms with Crippen LogP contribution in [0, 0.1) is 5.82 Å². The summed E-state index contributed by atoms with van der Waals surface area (Å²) in [6, 6.07) is 3.71. The zero-order valence-corrected chi connectivity index (χ0v) is 6.36. The molecule has 0 aliphatic rings. The van der Waals surface area contributed by atoms with Crippen LogP contribution in [-0.2, 0) is 0 Å². The van der Waals surface area contributed by atoms with E-state index in [0.717, 1.165) is 6.07 Å². The second-order valence-corrected chi connectivity index (χ2v) is 2.01. The molecule has 0 heterocycles. The fraction of sp³-hybridized carbons (Fsp3) is 0.143. The number of nitrogens with zero attached hydrogens (tertiary/aromatic N) is 3. The van der Waals surface area contributed by atoms with Gasteiger partial charge in [0.15, 0.2) is 0 Å². The van der Waals surface area contributed by atoms with Crippen LogP contribution < -0.4 is 4.74 Å². The summed E-state index contributed by atoms with van der Waals surface area (Å²) in [6.07, 6.45) is 0. The van der Waals surface area contributed by atoms with Crippen LogP contribution in [0.25, 0.3) is 10.4 Å². The summed E-state index contributed by atoms with van der Waals surface area (Å²) in [7, 11) is 1.38. The maximum atomic E-state index is 12.6.